The highest BCUT2D eigenvalue weighted by Crippen LogP contribution is 2.56. The first-order chi connectivity index (χ1) is 12.6. The van der Waals surface area contributed by atoms with Crippen molar-refractivity contribution in [3.05, 3.63) is 30.2 Å². The van der Waals surface area contributed by atoms with Crippen LogP contribution in [0, 0.1) is 24.7 Å². The van der Waals surface area contributed by atoms with E-state index < -0.39 is 0 Å². The molecule has 4 saturated carbocycles. The molecule has 4 aliphatic rings. The van der Waals surface area contributed by atoms with Gasteiger partial charge >= 0.3 is 0 Å². The van der Waals surface area contributed by atoms with Crippen LogP contribution in [0.1, 0.15) is 44.1 Å². The number of aromatic nitrogens is 3. The van der Waals surface area contributed by atoms with Crippen molar-refractivity contribution in [1.82, 2.24) is 15.0 Å². The predicted molar refractivity (Wildman–Crippen MR) is 103 cm³/mol. The highest BCUT2D eigenvalue weighted by atomic mass is 15.1. The number of hydrogen-bond acceptors (Lipinski definition) is 6. The Balaban J connectivity index is 1.40. The molecule has 0 saturated heterocycles. The van der Waals surface area contributed by atoms with Crippen LogP contribution in [0.5, 0.6) is 0 Å². The highest BCUT2D eigenvalue weighted by Gasteiger charge is 2.51. The van der Waals surface area contributed by atoms with E-state index in [4.69, 9.17) is 5.73 Å². The van der Waals surface area contributed by atoms with Gasteiger partial charge in [0.2, 0.25) is 0 Å². The smallest absolute Gasteiger partial charge is 0.160 e. The average molecular weight is 350 g/mol. The first-order valence-electron chi connectivity index (χ1n) is 9.67. The second-order valence-electron chi connectivity index (χ2n) is 8.65. The number of aryl methyl sites for hydroxylation is 1. The van der Waals surface area contributed by atoms with Gasteiger partial charge < -0.3 is 16.4 Å². The molecule has 6 nitrogen and oxygen atoms in total. The quantitative estimate of drug-likeness (QED) is 0.775. The van der Waals surface area contributed by atoms with Crippen molar-refractivity contribution >= 4 is 23.1 Å². The summed E-state index contributed by atoms with van der Waals surface area (Å²) in [5.41, 5.74) is 8.31. The van der Waals surface area contributed by atoms with Gasteiger partial charge in [0.15, 0.2) is 11.6 Å². The first-order valence-corrected chi connectivity index (χ1v) is 9.67. The summed E-state index contributed by atoms with van der Waals surface area (Å²) in [6, 6.07) is 3.95. The highest BCUT2D eigenvalue weighted by molar-refractivity contribution is 5.77. The Bertz CT molecular complexity index is 798. The standard InChI is InChI=1S/C20H26N6/c1-12-2-3-22-16(4-12)25-18-17(21)19(24-11-23-18)26-20-8-13-5-14(9-20)7-15(6-13)10-20/h2-4,11,13-15H,5-10,21H2,1H3,(H2,22,23,24,25,26). The second kappa shape index (κ2) is 5.83. The Morgan fingerprint density at radius 3 is 2.31 bits per heavy atom. The lowest BCUT2D eigenvalue weighted by Crippen LogP contribution is -2.55. The minimum Gasteiger partial charge on any atom is -0.393 e. The van der Waals surface area contributed by atoms with Crippen molar-refractivity contribution in [3.63, 3.8) is 0 Å². The van der Waals surface area contributed by atoms with E-state index in [-0.39, 0.29) is 5.54 Å². The van der Waals surface area contributed by atoms with Gasteiger partial charge in [0, 0.05) is 11.7 Å². The molecule has 0 aromatic carbocycles. The van der Waals surface area contributed by atoms with Crippen LogP contribution in [0.3, 0.4) is 0 Å². The molecule has 0 amide bonds. The van der Waals surface area contributed by atoms with Crippen molar-refractivity contribution < 1.29 is 0 Å². The van der Waals surface area contributed by atoms with Crippen LogP contribution < -0.4 is 16.4 Å². The fourth-order valence-corrected chi connectivity index (χ4v) is 5.84. The average Bonchev–Trinajstić information content (AvgIpc) is 2.57. The number of anilines is 4. The molecule has 0 atom stereocenters. The molecule has 4 N–H and O–H groups in total. The van der Waals surface area contributed by atoms with E-state index in [1.165, 1.54) is 38.5 Å². The summed E-state index contributed by atoms with van der Waals surface area (Å²) in [4.78, 5) is 13.1. The van der Waals surface area contributed by atoms with Crippen LogP contribution in [0.2, 0.25) is 0 Å². The zero-order valence-electron chi connectivity index (χ0n) is 15.2. The van der Waals surface area contributed by atoms with Gasteiger partial charge in [-0.3, -0.25) is 0 Å². The topological polar surface area (TPSA) is 88.8 Å². The summed E-state index contributed by atoms with van der Waals surface area (Å²) in [5, 5.41) is 6.99. The summed E-state index contributed by atoms with van der Waals surface area (Å²) < 4.78 is 0. The van der Waals surface area contributed by atoms with Gasteiger partial charge in [-0.15, -0.1) is 0 Å². The van der Waals surface area contributed by atoms with Gasteiger partial charge in [-0.1, -0.05) is 0 Å². The van der Waals surface area contributed by atoms with Gasteiger partial charge in [0.1, 0.15) is 17.8 Å². The third-order valence-corrected chi connectivity index (χ3v) is 6.47. The van der Waals surface area contributed by atoms with Gasteiger partial charge in [-0.2, -0.15) is 0 Å². The van der Waals surface area contributed by atoms with Crippen LogP contribution >= 0.6 is 0 Å². The molecule has 6 rings (SSSR count). The van der Waals surface area contributed by atoms with Crippen molar-refractivity contribution in [2.75, 3.05) is 16.4 Å². The Kier molecular flexibility index (Phi) is 3.55. The van der Waals surface area contributed by atoms with E-state index in [2.05, 4.69) is 25.6 Å². The largest absolute Gasteiger partial charge is 0.393 e. The zero-order chi connectivity index (χ0) is 17.7. The summed E-state index contributed by atoms with van der Waals surface area (Å²) >= 11 is 0. The molecular formula is C20H26N6. The van der Waals surface area contributed by atoms with Crippen LogP contribution in [-0.2, 0) is 0 Å². The number of nitrogen functional groups attached to an aromatic ring is 1. The molecule has 0 unspecified atom stereocenters. The van der Waals surface area contributed by atoms with E-state index in [0.29, 0.717) is 11.5 Å². The number of rotatable bonds is 4. The van der Waals surface area contributed by atoms with Gasteiger partial charge in [0.25, 0.3) is 0 Å². The summed E-state index contributed by atoms with van der Waals surface area (Å²) in [6.07, 6.45) is 11.4. The van der Waals surface area contributed by atoms with E-state index in [9.17, 15) is 0 Å². The van der Waals surface area contributed by atoms with Crippen molar-refractivity contribution in [3.8, 4) is 0 Å². The van der Waals surface area contributed by atoms with E-state index in [0.717, 1.165) is 35.0 Å². The number of hydrogen-bond donors (Lipinski definition) is 3. The molecule has 6 heteroatoms. The minimum absolute atomic E-state index is 0.177. The third-order valence-electron chi connectivity index (χ3n) is 6.47. The van der Waals surface area contributed by atoms with Gasteiger partial charge in [0.05, 0.1) is 0 Å². The van der Waals surface area contributed by atoms with Crippen molar-refractivity contribution in [2.24, 2.45) is 17.8 Å². The predicted octanol–water partition coefficient (Wildman–Crippen LogP) is 3.89. The van der Waals surface area contributed by atoms with Crippen LogP contribution in [0.4, 0.5) is 23.1 Å². The molecule has 4 bridgehead atoms. The van der Waals surface area contributed by atoms with E-state index in [1.54, 1.807) is 12.5 Å². The molecule has 26 heavy (non-hydrogen) atoms. The van der Waals surface area contributed by atoms with Crippen molar-refractivity contribution in [1.29, 1.82) is 0 Å². The molecule has 4 aliphatic carbocycles. The lowest BCUT2D eigenvalue weighted by molar-refractivity contribution is 0.0106. The van der Waals surface area contributed by atoms with Crippen LogP contribution in [0.15, 0.2) is 24.7 Å². The Labute approximate surface area is 154 Å². The molecule has 4 fully saturated rings. The summed E-state index contributed by atoms with van der Waals surface area (Å²) in [7, 11) is 0. The van der Waals surface area contributed by atoms with Crippen LogP contribution in [-0.4, -0.2) is 20.5 Å². The maximum absolute atomic E-state index is 6.42. The minimum atomic E-state index is 0.177. The lowest BCUT2D eigenvalue weighted by atomic mass is 9.53. The maximum Gasteiger partial charge on any atom is 0.160 e. The molecule has 0 aliphatic heterocycles. The summed E-state index contributed by atoms with van der Waals surface area (Å²) in [5.74, 6) is 4.77. The fourth-order valence-electron chi connectivity index (χ4n) is 5.84. The van der Waals surface area contributed by atoms with Gasteiger partial charge in [-0.25, -0.2) is 15.0 Å². The van der Waals surface area contributed by atoms with Crippen molar-refractivity contribution in [2.45, 2.75) is 51.0 Å². The molecule has 0 radical (unpaired) electrons. The maximum atomic E-state index is 6.42. The summed E-state index contributed by atoms with van der Waals surface area (Å²) in [6.45, 7) is 2.04. The second-order valence-corrected chi connectivity index (χ2v) is 8.65. The molecule has 2 aromatic rings. The number of pyridine rings is 1. The monoisotopic (exact) mass is 350 g/mol. The Morgan fingerprint density at radius 2 is 1.65 bits per heavy atom. The van der Waals surface area contributed by atoms with Crippen LogP contribution in [0.25, 0.3) is 0 Å². The fraction of sp³-hybridized carbons (Fsp3) is 0.550. The van der Waals surface area contributed by atoms with Gasteiger partial charge in [-0.05, 0) is 80.9 Å². The molecular weight excluding hydrogens is 324 g/mol. The Morgan fingerprint density at radius 1 is 1.00 bits per heavy atom. The molecule has 2 heterocycles. The number of nitrogens with two attached hydrogens (primary N) is 1. The molecule has 136 valence electrons. The number of nitrogens with one attached hydrogen (secondary N) is 2. The SMILES string of the molecule is Cc1ccnc(Nc2ncnc(NC34CC5CC(CC(C5)C3)C4)c2N)c1. The normalized spacial score (nSPS) is 31.8. The number of nitrogens with zero attached hydrogens (tertiary/aromatic N) is 3. The first kappa shape index (κ1) is 15.9. The molecule has 2 aromatic heterocycles. The zero-order valence-corrected chi connectivity index (χ0v) is 15.2. The Hall–Kier alpha value is -2.37. The van der Waals surface area contributed by atoms with E-state index >= 15 is 0 Å². The molecule has 0 spiro atoms. The third kappa shape index (κ3) is 2.77. The lowest BCUT2D eigenvalue weighted by Gasteiger charge is -2.57. The van der Waals surface area contributed by atoms with E-state index in [1.807, 2.05) is 19.1 Å².